The summed E-state index contributed by atoms with van der Waals surface area (Å²) in [4.78, 5) is 12.4. The van der Waals surface area contributed by atoms with Crippen molar-refractivity contribution < 1.29 is 14.3 Å². The Balaban J connectivity index is 1.69. The lowest BCUT2D eigenvalue weighted by atomic mass is 10.2. The first kappa shape index (κ1) is 19.5. The van der Waals surface area contributed by atoms with Crippen LogP contribution in [0, 0.1) is 0 Å². The lowest BCUT2D eigenvalue weighted by Crippen LogP contribution is -2.17. The fourth-order valence-electron chi connectivity index (χ4n) is 2.87. The van der Waals surface area contributed by atoms with Gasteiger partial charge in [-0.3, -0.25) is 14.2 Å². The van der Waals surface area contributed by atoms with E-state index in [0.29, 0.717) is 37.7 Å². The molecule has 0 spiro atoms. The first-order valence-electron chi connectivity index (χ1n) is 9.38. The van der Waals surface area contributed by atoms with E-state index < -0.39 is 0 Å². The Labute approximate surface area is 164 Å². The van der Waals surface area contributed by atoms with Gasteiger partial charge in [0.2, 0.25) is 0 Å². The van der Waals surface area contributed by atoms with Gasteiger partial charge in [0, 0.05) is 18.9 Å². The number of rotatable bonds is 9. The van der Waals surface area contributed by atoms with Gasteiger partial charge in [0.25, 0.3) is 5.91 Å². The molecule has 2 heterocycles. The topological polar surface area (TPSA) is 83.2 Å². The zero-order chi connectivity index (χ0) is 19.9. The molecule has 8 heteroatoms. The second kappa shape index (κ2) is 9.07. The van der Waals surface area contributed by atoms with Gasteiger partial charge >= 0.3 is 0 Å². The van der Waals surface area contributed by atoms with Crippen LogP contribution in [0.1, 0.15) is 36.8 Å². The van der Waals surface area contributed by atoms with Crippen LogP contribution in [0.5, 0.6) is 11.5 Å². The summed E-state index contributed by atoms with van der Waals surface area (Å²) in [5.41, 5.74) is 2.17. The Hall–Kier alpha value is -3.29. The summed E-state index contributed by atoms with van der Waals surface area (Å²) in [6, 6.07) is 7.53. The number of ether oxygens (including phenoxy) is 2. The standard InChI is InChI=1S/C20H25N5O3/c1-4-25-17(9-10-21-25)20(26)23-16-12-22-24(14-16)13-15-7-8-18(27-5-2)19(11-15)28-6-3/h7-12,14H,4-6,13H2,1-3H3,(H,23,26). The van der Waals surface area contributed by atoms with Gasteiger partial charge in [-0.05, 0) is 44.5 Å². The van der Waals surface area contributed by atoms with E-state index in [-0.39, 0.29) is 5.91 Å². The average molecular weight is 383 g/mol. The molecule has 0 saturated carbocycles. The molecule has 3 rings (SSSR count). The molecule has 0 radical (unpaired) electrons. The molecule has 0 aliphatic heterocycles. The molecule has 1 N–H and O–H groups in total. The number of aryl methyl sites for hydroxylation is 1. The van der Waals surface area contributed by atoms with Crippen LogP contribution in [0.3, 0.4) is 0 Å². The quantitative estimate of drug-likeness (QED) is 0.613. The van der Waals surface area contributed by atoms with E-state index in [1.807, 2.05) is 39.0 Å². The summed E-state index contributed by atoms with van der Waals surface area (Å²) >= 11 is 0. The molecule has 0 bridgehead atoms. The van der Waals surface area contributed by atoms with Crippen LogP contribution >= 0.6 is 0 Å². The summed E-state index contributed by atoms with van der Waals surface area (Å²) in [6.45, 7) is 8.15. The van der Waals surface area contributed by atoms with Crippen molar-refractivity contribution in [2.75, 3.05) is 18.5 Å². The molecule has 0 aliphatic carbocycles. The van der Waals surface area contributed by atoms with Gasteiger partial charge in [-0.25, -0.2) is 0 Å². The number of carbonyl (C=O) groups excluding carboxylic acids is 1. The van der Waals surface area contributed by atoms with Crippen LogP contribution in [-0.2, 0) is 13.1 Å². The maximum Gasteiger partial charge on any atom is 0.274 e. The first-order valence-corrected chi connectivity index (χ1v) is 9.38. The summed E-state index contributed by atoms with van der Waals surface area (Å²) in [7, 11) is 0. The van der Waals surface area contributed by atoms with E-state index in [9.17, 15) is 4.79 Å². The number of nitrogens with one attached hydrogen (secondary N) is 1. The molecule has 2 aromatic heterocycles. The number of carbonyl (C=O) groups is 1. The molecule has 1 amide bonds. The molecule has 0 fully saturated rings. The zero-order valence-corrected chi connectivity index (χ0v) is 16.4. The van der Waals surface area contributed by atoms with E-state index in [0.717, 1.165) is 17.1 Å². The Kier molecular flexibility index (Phi) is 6.31. The average Bonchev–Trinajstić information content (AvgIpc) is 3.33. The van der Waals surface area contributed by atoms with Gasteiger partial charge in [-0.2, -0.15) is 10.2 Å². The Morgan fingerprint density at radius 2 is 1.86 bits per heavy atom. The highest BCUT2D eigenvalue weighted by molar-refractivity contribution is 6.02. The molecule has 0 aliphatic rings. The first-order chi connectivity index (χ1) is 13.6. The fourth-order valence-corrected chi connectivity index (χ4v) is 2.87. The highest BCUT2D eigenvalue weighted by atomic mass is 16.5. The maximum atomic E-state index is 12.4. The van der Waals surface area contributed by atoms with E-state index in [4.69, 9.17) is 9.47 Å². The Morgan fingerprint density at radius 3 is 2.61 bits per heavy atom. The third kappa shape index (κ3) is 4.51. The van der Waals surface area contributed by atoms with Crippen LogP contribution in [0.2, 0.25) is 0 Å². The SMILES string of the molecule is CCOc1ccc(Cn2cc(NC(=O)c3ccnn3CC)cn2)cc1OCC. The van der Waals surface area contributed by atoms with Crippen LogP contribution in [0.15, 0.2) is 42.9 Å². The number of hydrogen-bond donors (Lipinski definition) is 1. The number of anilines is 1. The molecular formula is C20H25N5O3. The highest BCUT2D eigenvalue weighted by Gasteiger charge is 2.13. The van der Waals surface area contributed by atoms with Crippen molar-refractivity contribution in [3.05, 3.63) is 54.1 Å². The third-order valence-electron chi connectivity index (χ3n) is 4.09. The summed E-state index contributed by atoms with van der Waals surface area (Å²) < 4.78 is 14.7. The summed E-state index contributed by atoms with van der Waals surface area (Å²) in [6.07, 6.45) is 5.04. The van der Waals surface area contributed by atoms with Crippen molar-refractivity contribution in [3.8, 4) is 11.5 Å². The normalized spacial score (nSPS) is 10.7. The van der Waals surface area contributed by atoms with Gasteiger partial charge in [0.1, 0.15) is 5.69 Å². The van der Waals surface area contributed by atoms with Gasteiger partial charge in [0.15, 0.2) is 11.5 Å². The largest absolute Gasteiger partial charge is 0.490 e. The minimum absolute atomic E-state index is 0.210. The van der Waals surface area contributed by atoms with E-state index in [1.54, 1.807) is 34.0 Å². The predicted molar refractivity (Wildman–Crippen MR) is 106 cm³/mol. The van der Waals surface area contributed by atoms with E-state index >= 15 is 0 Å². The van der Waals surface area contributed by atoms with Crippen molar-refractivity contribution in [1.82, 2.24) is 19.6 Å². The van der Waals surface area contributed by atoms with Crippen molar-refractivity contribution >= 4 is 11.6 Å². The molecular weight excluding hydrogens is 358 g/mol. The molecule has 28 heavy (non-hydrogen) atoms. The third-order valence-corrected chi connectivity index (χ3v) is 4.09. The number of hydrogen-bond acceptors (Lipinski definition) is 5. The van der Waals surface area contributed by atoms with Crippen LogP contribution in [-0.4, -0.2) is 38.7 Å². The zero-order valence-electron chi connectivity index (χ0n) is 16.4. The number of nitrogens with zero attached hydrogens (tertiary/aromatic N) is 4. The van der Waals surface area contributed by atoms with Gasteiger partial charge < -0.3 is 14.8 Å². The van der Waals surface area contributed by atoms with E-state index in [1.165, 1.54) is 0 Å². The van der Waals surface area contributed by atoms with E-state index in [2.05, 4.69) is 15.5 Å². The molecule has 3 aromatic rings. The minimum Gasteiger partial charge on any atom is -0.490 e. The summed E-state index contributed by atoms with van der Waals surface area (Å²) in [5, 5.41) is 11.3. The second-order valence-corrected chi connectivity index (χ2v) is 6.06. The summed E-state index contributed by atoms with van der Waals surface area (Å²) in [5.74, 6) is 1.24. The maximum absolute atomic E-state index is 12.4. The molecule has 0 atom stereocenters. The van der Waals surface area contributed by atoms with Crippen molar-refractivity contribution in [2.24, 2.45) is 0 Å². The van der Waals surface area contributed by atoms with Gasteiger partial charge in [-0.15, -0.1) is 0 Å². The fraction of sp³-hybridized carbons (Fsp3) is 0.350. The van der Waals surface area contributed by atoms with Crippen molar-refractivity contribution in [2.45, 2.75) is 33.9 Å². The van der Waals surface area contributed by atoms with Crippen LogP contribution in [0.25, 0.3) is 0 Å². The van der Waals surface area contributed by atoms with Crippen molar-refractivity contribution in [3.63, 3.8) is 0 Å². The number of amides is 1. The minimum atomic E-state index is -0.210. The molecule has 8 nitrogen and oxygen atoms in total. The number of aromatic nitrogens is 4. The Bertz CT molecular complexity index is 932. The smallest absolute Gasteiger partial charge is 0.274 e. The lowest BCUT2D eigenvalue weighted by molar-refractivity contribution is 0.101. The molecule has 1 aromatic carbocycles. The van der Waals surface area contributed by atoms with Crippen LogP contribution in [0.4, 0.5) is 5.69 Å². The highest BCUT2D eigenvalue weighted by Crippen LogP contribution is 2.28. The lowest BCUT2D eigenvalue weighted by Gasteiger charge is -2.12. The molecule has 148 valence electrons. The van der Waals surface area contributed by atoms with Crippen molar-refractivity contribution in [1.29, 1.82) is 0 Å². The monoisotopic (exact) mass is 383 g/mol. The van der Waals surface area contributed by atoms with Crippen LogP contribution < -0.4 is 14.8 Å². The predicted octanol–water partition coefficient (Wildman–Crippen LogP) is 3.20. The Morgan fingerprint density at radius 1 is 1.07 bits per heavy atom. The second-order valence-electron chi connectivity index (χ2n) is 6.06. The molecule has 0 saturated heterocycles. The van der Waals surface area contributed by atoms with Gasteiger partial charge in [0.05, 0.1) is 31.6 Å². The van der Waals surface area contributed by atoms with Gasteiger partial charge in [-0.1, -0.05) is 6.07 Å². The molecule has 0 unspecified atom stereocenters. The number of benzene rings is 1.